The highest BCUT2D eigenvalue weighted by molar-refractivity contribution is 9.10. The fraction of sp³-hybridized carbons (Fsp3) is 0.500. The van der Waals surface area contributed by atoms with E-state index in [4.69, 9.17) is 0 Å². The fourth-order valence-corrected chi connectivity index (χ4v) is 1.60. The van der Waals surface area contributed by atoms with E-state index in [1.165, 1.54) is 0 Å². The molecule has 0 spiro atoms. The van der Waals surface area contributed by atoms with Crippen LogP contribution in [0.3, 0.4) is 0 Å². The summed E-state index contributed by atoms with van der Waals surface area (Å²) in [5.74, 6) is 0. The number of nitrogens with zero attached hydrogens (tertiary/aromatic N) is 1. The van der Waals surface area contributed by atoms with Crippen LogP contribution in [0.25, 0.3) is 0 Å². The molecule has 1 saturated carbocycles. The molecule has 1 aliphatic carbocycles. The lowest BCUT2D eigenvalue weighted by molar-refractivity contribution is 0.695. The number of imidazole rings is 1. The first-order valence-electron chi connectivity index (χ1n) is 3.24. The molecule has 1 N–H and O–H groups in total. The van der Waals surface area contributed by atoms with Gasteiger partial charge in [0.25, 0.3) is 0 Å². The zero-order valence-corrected chi connectivity index (χ0v) is 6.89. The van der Waals surface area contributed by atoms with Gasteiger partial charge in [-0.2, -0.15) is 0 Å². The first kappa shape index (κ1) is 6.22. The second-order valence-electron chi connectivity index (χ2n) is 2.52. The summed E-state index contributed by atoms with van der Waals surface area (Å²) in [5.41, 5.74) is -0.00521. The predicted octanol–water partition coefficient (Wildman–Crippen LogP) is 1.27. The topological polar surface area (TPSA) is 37.8 Å². The zero-order valence-electron chi connectivity index (χ0n) is 5.30. The summed E-state index contributed by atoms with van der Waals surface area (Å²) in [7, 11) is 0. The van der Waals surface area contributed by atoms with E-state index in [1.807, 2.05) is 0 Å². The first-order chi connectivity index (χ1) is 4.79. The van der Waals surface area contributed by atoms with Crippen molar-refractivity contribution in [2.45, 2.75) is 18.9 Å². The van der Waals surface area contributed by atoms with Gasteiger partial charge in [-0.05, 0) is 28.8 Å². The lowest BCUT2D eigenvalue weighted by atomic mass is 10.7. The molecule has 3 nitrogen and oxygen atoms in total. The van der Waals surface area contributed by atoms with Crippen molar-refractivity contribution in [1.29, 1.82) is 0 Å². The minimum absolute atomic E-state index is 0.00521. The molecule has 4 heteroatoms. The van der Waals surface area contributed by atoms with Crippen molar-refractivity contribution in [1.82, 2.24) is 9.55 Å². The summed E-state index contributed by atoms with van der Waals surface area (Å²) in [6, 6.07) is 0.452. The molecule has 10 heavy (non-hydrogen) atoms. The fourth-order valence-electron chi connectivity index (χ4n) is 1.03. The molecule has 1 aromatic rings. The standard InChI is InChI=1S/C6H7BrN2O/c7-5-3-8-6(10)9(5)4-1-2-4/h3-4H,1-2H2,(H,8,10). The lowest BCUT2D eigenvalue weighted by Crippen LogP contribution is -2.15. The lowest BCUT2D eigenvalue weighted by Gasteiger charge is -1.95. The second-order valence-corrected chi connectivity index (χ2v) is 3.33. The van der Waals surface area contributed by atoms with Crippen LogP contribution in [0.2, 0.25) is 0 Å². The maximum Gasteiger partial charge on any atom is 0.326 e. The second kappa shape index (κ2) is 1.99. The maximum absolute atomic E-state index is 11.0. The van der Waals surface area contributed by atoms with Crippen molar-refractivity contribution >= 4 is 15.9 Å². The van der Waals surface area contributed by atoms with Crippen molar-refractivity contribution in [2.24, 2.45) is 0 Å². The van der Waals surface area contributed by atoms with Crippen LogP contribution in [0.5, 0.6) is 0 Å². The average Bonchev–Trinajstić information content (AvgIpc) is 2.64. The average molecular weight is 203 g/mol. The van der Waals surface area contributed by atoms with Gasteiger partial charge >= 0.3 is 5.69 Å². The summed E-state index contributed by atoms with van der Waals surface area (Å²) in [4.78, 5) is 13.6. The summed E-state index contributed by atoms with van der Waals surface area (Å²) in [6.45, 7) is 0. The van der Waals surface area contributed by atoms with Crippen molar-refractivity contribution in [3.8, 4) is 0 Å². The van der Waals surface area contributed by atoms with E-state index >= 15 is 0 Å². The number of halogens is 1. The molecule has 0 unspecified atom stereocenters. The molecular weight excluding hydrogens is 196 g/mol. The number of H-pyrrole nitrogens is 1. The van der Waals surface area contributed by atoms with Crippen LogP contribution < -0.4 is 5.69 Å². The van der Waals surface area contributed by atoms with Gasteiger partial charge in [0.1, 0.15) is 4.60 Å². The molecule has 54 valence electrons. The minimum Gasteiger partial charge on any atom is -0.312 e. The molecule has 0 saturated heterocycles. The van der Waals surface area contributed by atoms with Gasteiger partial charge in [0, 0.05) is 12.2 Å². The van der Waals surface area contributed by atoms with Gasteiger partial charge in [0.2, 0.25) is 0 Å². The summed E-state index contributed by atoms with van der Waals surface area (Å²) >= 11 is 3.29. The van der Waals surface area contributed by atoms with Gasteiger partial charge in [-0.1, -0.05) is 0 Å². The Morgan fingerprint density at radius 1 is 1.70 bits per heavy atom. The molecular formula is C6H7BrN2O. The van der Waals surface area contributed by atoms with E-state index in [9.17, 15) is 4.79 Å². The normalized spacial score (nSPS) is 17.7. The van der Waals surface area contributed by atoms with Crippen molar-refractivity contribution in [2.75, 3.05) is 0 Å². The molecule has 0 aromatic carbocycles. The molecule has 1 heterocycles. The van der Waals surface area contributed by atoms with E-state index in [-0.39, 0.29) is 5.69 Å². The van der Waals surface area contributed by atoms with Crippen LogP contribution in [0.4, 0.5) is 0 Å². The van der Waals surface area contributed by atoms with E-state index in [2.05, 4.69) is 20.9 Å². The van der Waals surface area contributed by atoms with E-state index in [0.717, 1.165) is 17.4 Å². The van der Waals surface area contributed by atoms with Crippen LogP contribution in [0.15, 0.2) is 15.6 Å². The monoisotopic (exact) mass is 202 g/mol. The van der Waals surface area contributed by atoms with Gasteiger partial charge in [-0.3, -0.25) is 4.57 Å². The van der Waals surface area contributed by atoms with Gasteiger partial charge in [-0.15, -0.1) is 0 Å². The van der Waals surface area contributed by atoms with Crippen LogP contribution in [-0.2, 0) is 0 Å². The maximum atomic E-state index is 11.0. The highest BCUT2D eigenvalue weighted by atomic mass is 79.9. The van der Waals surface area contributed by atoms with Gasteiger partial charge < -0.3 is 4.98 Å². The third kappa shape index (κ3) is 0.831. The Balaban J connectivity index is 2.54. The molecule has 1 aliphatic rings. The number of hydrogen-bond donors (Lipinski definition) is 1. The highest BCUT2D eigenvalue weighted by Crippen LogP contribution is 2.35. The van der Waals surface area contributed by atoms with E-state index in [1.54, 1.807) is 10.8 Å². The third-order valence-corrected chi connectivity index (χ3v) is 2.29. The Morgan fingerprint density at radius 2 is 2.40 bits per heavy atom. The Kier molecular flexibility index (Phi) is 1.23. The van der Waals surface area contributed by atoms with Crippen molar-refractivity contribution in [3.05, 3.63) is 21.3 Å². The van der Waals surface area contributed by atoms with Crippen molar-refractivity contribution < 1.29 is 0 Å². The highest BCUT2D eigenvalue weighted by Gasteiger charge is 2.26. The molecule has 1 fully saturated rings. The van der Waals surface area contributed by atoms with Crippen LogP contribution in [-0.4, -0.2) is 9.55 Å². The number of nitrogens with one attached hydrogen (secondary N) is 1. The molecule has 0 radical (unpaired) electrons. The Bertz CT molecular complexity index is 297. The molecule has 0 bridgehead atoms. The predicted molar refractivity (Wildman–Crippen MR) is 41.0 cm³/mol. The first-order valence-corrected chi connectivity index (χ1v) is 4.04. The van der Waals surface area contributed by atoms with Crippen LogP contribution >= 0.6 is 15.9 Å². The largest absolute Gasteiger partial charge is 0.326 e. The number of aromatic amines is 1. The van der Waals surface area contributed by atoms with Crippen molar-refractivity contribution in [3.63, 3.8) is 0 Å². The van der Waals surface area contributed by atoms with Crippen LogP contribution in [0.1, 0.15) is 18.9 Å². The molecule has 1 aromatic heterocycles. The summed E-state index contributed by atoms with van der Waals surface area (Å²) in [5, 5.41) is 0. The number of rotatable bonds is 1. The molecule has 0 aliphatic heterocycles. The van der Waals surface area contributed by atoms with Gasteiger partial charge in [0.05, 0.1) is 0 Å². The Morgan fingerprint density at radius 3 is 2.80 bits per heavy atom. The SMILES string of the molecule is O=c1[nH]cc(Br)n1C1CC1. The number of hydrogen-bond acceptors (Lipinski definition) is 1. The quantitative estimate of drug-likeness (QED) is 0.733. The Hall–Kier alpha value is -0.510. The molecule has 0 atom stereocenters. The third-order valence-electron chi connectivity index (χ3n) is 1.68. The Labute approximate surface area is 66.2 Å². The summed E-state index contributed by atoms with van der Waals surface area (Å²) < 4.78 is 2.61. The molecule has 0 amide bonds. The summed E-state index contributed by atoms with van der Waals surface area (Å²) in [6.07, 6.45) is 3.95. The van der Waals surface area contributed by atoms with Gasteiger partial charge in [0.15, 0.2) is 0 Å². The minimum atomic E-state index is -0.00521. The van der Waals surface area contributed by atoms with Gasteiger partial charge in [-0.25, -0.2) is 4.79 Å². The smallest absolute Gasteiger partial charge is 0.312 e. The number of aromatic nitrogens is 2. The van der Waals surface area contributed by atoms with E-state index in [0.29, 0.717) is 6.04 Å². The zero-order chi connectivity index (χ0) is 7.14. The van der Waals surface area contributed by atoms with E-state index < -0.39 is 0 Å². The van der Waals surface area contributed by atoms with Crippen LogP contribution in [0, 0.1) is 0 Å². The molecule has 2 rings (SSSR count).